The normalized spacial score (nSPS) is 12.0. The number of nitrogens with two attached hydrogens (primary N) is 1. The Bertz CT molecular complexity index is 540. The lowest BCUT2D eigenvalue weighted by atomic mass is 10.1. The van der Waals surface area contributed by atoms with Crippen molar-refractivity contribution in [1.82, 2.24) is 0 Å². The number of hydrogen-bond acceptors (Lipinski definition) is 3. The van der Waals surface area contributed by atoms with Crippen LogP contribution in [0.3, 0.4) is 0 Å². The fourth-order valence-electron chi connectivity index (χ4n) is 1.84. The maximum absolute atomic E-state index is 6.13. The van der Waals surface area contributed by atoms with E-state index in [1.165, 1.54) is 0 Å². The quantitative estimate of drug-likeness (QED) is 0.833. The van der Waals surface area contributed by atoms with Crippen LogP contribution in [0.25, 0.3) is 0 Å². The number of benzene rings is 2. The molecule has 21 heavy (non-hydrogen) atoms. The van der Waals surface area contributed by atoms with Crippen molar-refractivity contribution in [1.29, 1.82) is 0 Å². The molecule has 112 valence electrons. The third-order valence-corrected chi connectivity index (χ3v) is 3.28. The molecular formula is C17H20ClNO2. The molecule has 3 nitrogen and oxygen atoms in total. The van der Waals surface area contributed by atoms with Gasteiger partial charge in [0.05, 0.1) is 12.6 Å². The molecule has 0 saturated carbocycles. The van der Waals surface area contributed by atoms with Crippen molar-refractivity contribution in [3.63, 3.8) is 0 Å². The second kappa shape index (κ2) is 7.91. The predicted molar refractivity (Wildman–Crippen MR) is 86.1 cm³/mol. The Morgan fingerprint density at radius 2 is 1.52 bits per heavy atom. The zero-order valence-corrected chi connectivity index (χ0v) is 12.8. The summed E-state index contributed by atoms with van der Waals surface area (Å²) in [4.78, 5) is 0. The van der Waals surface area contributed by atoms with Gasteiger partial charge in [-0.25, -0.2) is 0 Å². The van der Waals surface area contributed by atoms with Crippen LogP contribution in [0.1, 0.15) is 24.9 Å². The van der Waals surface area contributed by atoms with Crippen LogP contribution in [0, 0.1) is 0 Å². The van der Waals surface area contributed by atoms with Crippen molar-refractivity contribution < 1.29 is 9.47 Å². The minimum absolute atomic E-state index is 0.180. The zero-order chi connectivity index (χ0) is 15.1. The van der Waals surface area contributed by atoms with Crippen molar-refractivity contribution in [3.05, 3.63) is 59.1 Å². The van der Waals surface area contributed by atoms with Gasteiger partial charge in [0.15, 0.2) is 0 Å². The van der Waals surface area contributed by atoms with Gasteiger partial charge in [0, 0.05) is 5.02 Å². The van der Waals surface area contributed by atoms with Crippen molar-refractivity contribution in [3.8, 4) is 11.5 Å². The Hall–Kier alpha value is -1.71. The summed E-state index contributed by atoms with van der Waals surface area (Å²) in [6.45, 7) is 3.22. The number of hydrogen-bond donors (Lipinski definition) is 1. The summed E-state index contributed by atoms with van der Waals surface area (Å²) >= 11 is 5.83. The molecule has 0 heterocycles. The molecule has 2 aromatic carbocycles. The van der Waals surface area contributed by atoms with E-state index in [4.69, 9.17) is 26.8 Å². The molecule has 0 aromatic heterocycles. The van der Waals surface area contributed by atoms with Gasteiger partial charge < -0.3 is 15.2 Å². The first kappa shape index (κ1) is 15.7. The Kier molecular flexibility index (Phi) is 5.90. The first-order valence-corrected chi connectivity index (χ1v) is 7.43. The largest absolute Gasteiger partial charge is 0.494 e. The van der Waals surface area contributed by atoms with Crippen LogP contribution in [-0.2, 0) is 0 Å². The van der Waals surface area contributed by atoms with Gasteiger partial charge in [0.1, 0.15) is 18.1 Å². The van der Waals surface area contributed by atoms with E-state index in [0.29, 0.717) is 11.6 Å². The Morgan fingerprint density at radius 1 is 0.952 bits per heavy atom. The molecule has 0 radical (unpaired) electrons. The minimum atomic E-state index is -0.180. The van der Waals surface area contributed by atoms with E-state index in [9.17, 15) is 0 Å². The molecular weight excluding hydrogens is 286 g/mol. The fraction of sp³-hybridized carbons (Fsp3) is 0.294. The average molecular weight is 306 g/mol. The first-order valence-electron chi connectivity index (χ1n) is 7.05. The SMILES string of the molecule is CCCOc1ccc(C(N)COc2ccc(Cl)cc2)cc1. The molecule has 0 amide bonds. The maximum Gasteiger partial charge on any atom is 0.119 e. The van der Waals surface area contributed by atoms with Gasteiger partial charge in [0.25, 0.3) is 0 Å². The summed E-state index contributed by atoms with van der Waals surface area (Å²) in [6, 6.07) is 14.9. The smallest absolute Gasteiger partial charge is 0.119 e. The van der Waals surface area contributed by atoms with E-state index < -0.39 is 0 Å². The summed E-state index contributed by atoms with van der Waals surface area (Å²) < 4.78 is 11.2. The lowest BCUT2D eigenvalue weighted by Gasteiger charge is -2.14. The summed E-state index contributed by atoms with van der Waals surface area (Å²) in [5.74, 6) is 1.63. The fourth-order valence-corrected chi connectivity index (χ4v) is 1.97. The first-order chi connectivity index (χ1) is 10.2. The lowest BCUT2D eigenvalue weighted by molar-refractivity contribution is 0.290. The molecule has 2 rings (SSSR count). The van der Waals surface area contributed by atoms with Gasteiger partial charge in [-0.3, -0.25) is 0 Å². The molecule has 0 aliphatic heterocycles. The molecule has 1 unspecified atom stereocenters. The van der Waals surface area contributed by atoms with Crippen molar-refractivity contribution in [2.45, 2.75) is 19.4 Å². The third kappa shape index (κ3) is 4.96. The van der Waals surface area contributed by atoms with E-state index >= 15 is 0 Å². The minimum Gasteiger partial charge on any atom is -0.494 e. The third-order valence-electron chi connectivity index (χ3n) is 3.02. The topological polar surface area (TPSA) is 44.5 Å². The average Bonchev–Trinajstić information content (AvgIpc) is 2.52. The van der Waals surface area contributed by atoms with Crippen LogP contribution >= 0.6 is 11.6 Å². The van der Waals surface area contributed by atoms with Crippen LogP contribution in [0.4, 0.5) is 0 Å². The van der Waals surface area contributed by atoms with Crippen molar-refractivity contribution in [2.24, 2.45) is 5.73 Å². The number of rotatable bonds is 7. The van der Waals surface area contributed by atoms with Gasteiger partial charge in [-0.05, 0) is 48.4 Å². The van der Waals surface area contributed by atoms with Gasteiger partial charge in [0.2, 0.25) is 0 Å². The summed E-state index contributed by atoms with van der Waals surface area (Å²) in [6.07, 6.45) is 0.996. The van der Waals surface area contributed by atoms with Crippen LogP contribution in [0.15, 0.2) is 48.5 Å². The Balaban J connectivity index is 1.87. The molecule has 0 spiro atoms. The van der Waals surface area contributed by atoms with Crippen LogP contribution < -0.4 is 15.2 Å². The molecule has 2 N–H and O–H groups in total. The standard InChI is InChI=1S/C17H20ClNO2/c1-2-11-20-15-7-3-13(4-8-15)17(19)12-21-16-9-5-14(18)6-10-16/h3-10,17H,2,11-12,19H2,1H3. The lowest BCUT2D eigenvalue weighted by Crippen LogP contribution is -2.18. The van der Waals surface area contributed by atoms with Gasteiger partial charge >= 0.3 is 0 Å². The summed E-state index contributed by atoms with van der Waals surface area (Å²) in [5.41, 5.74) is 7.15. The van der Waals surface area contributed by atoms with Crippen molar-refractivity contribution >= 4 is 11.6 Å². The van der Waals surface area contributed by atoms with Crippen LogP contribution in [-0.4, -0.2) is 13.2 Å². The highest BCUT2D eigenvalue weighted by molar-refractivity contribution is 6.30. The molecule has 0 aliphatic carbocycles. The van der Waals surface area contributed by atoms with Crippen molar-refractivity contribution in [2.75, 3.05) is 13.2 Å². The van der Waals surface area contributed by atoms with Gasteiger partial charge in [-0.1, -0.05) is 30.7 Å². The van der Waals surface area contributed by atoms with Crippen LogP contribution in [0.5, 0.6) is 11.5 Å². The highest BCUT2D eigenvalue weighted by Gasteiger charge is 2.07. The van der Waals surface area contributed by atoms with Gasteiger partial charge in [-0.15, -0.1) is 0 Å². The van der Waals surface area contributed by atoms with E-state index in [2.05, 4.69) is 6.92 Å². The molecule has 4 heteroatoms. The highest BCUT2D eigenvalue weighted by atomic mass is 35.5. The molecule has 0 bridgehead atoms. The summed E-state index contributed by atoms with van der Waals surface area (Å²) in [5, 5.41) is 0.689. The second-order valence-corrected chi connectivity index (χ2v) is 5.23. The molecule has 0 saturated heterocycles. The van der Waals surface area contributed by atoms with E-state index in [1.54, 1.807) is 12.1 Å². The van der Waals surface area contributed by atoms with Gasteiger partial charge in [-0.2, -0.15) is 0 Å². The number of halogens is 1. The molecule has 2 aromatic rings. The van der Waals surface area contributed by atoms with E-state index in [0.717, 1.165) is 30.1 Å². The predicted octanol–water partition coefficient (Wildman–Crippen LogP) is 4.21. The zero-order valence-electron chi connectivity index (χ0n) is 12.1. The molecule has 1 atom stereocenters. The van der Waals surface area contributed by atoms with E-state index in [-0.39, 0.29) is 6.04 Å². The molecule has 0 fully saturated rings. The Morgan fingerprint density at radius 3 is 2.14 bits per heavy atom. The highest BCUT2D eigenvalue weighted by Crippen LogP contribution is 2.19. The monoisotopic (exact) mass is 305 g/mol. The summed E-state index contributed by atoms with van der Waals surface area (Å²) in [7, 11) is 0. The number of ether oxygens (including phenoxy) is 2. The Labute approximate surface area is 130 Å². The maximum atomic E-state index is 6.13. The van der Waals surface area contributed by atoms with Crippen LogP contribution in [0.2, 0.25) is 5.02 Å². The van der Waals surface area contributed by atoms with E-state index in [1.807, 2.05) is 36.4 Å². The second-order valence-electron chi connectivity index (χ2n) is 4.79. The molecule has 0 aliphatic rings.